The second kappa shape index (κ2) is 12.5. The van der Waals surface area contributed by atoms with Crippen molar-refractivity contribution in [1.29, 1.82) is 0 Å². The highest BCUT2D eigenvalue weighted by molar-refractivity contribution is 6.30. The third-order valence-corrected chi connectivity index (χ3v) is 5.63. The van der Waals surface area contributed by atoms with Crippen molar-refractivity contribution in [3.63, 3.8) is 0 Å². The lowest BCUT2D eigenvalue weighted by Gasteiger charge is -2.18. The summed E-state index contributed by atoms with van der Waals surface area (Å²) in [5.41, 5.74) is 6.91. The first-order valence-electron chi connectivity index (χ1n) is 10.9. The maximum atomic E-state index is 12.8. The van der Waals surface area contributed by atoms with Gasteiger partial charge in [0.25, 0.3) is 0 Å². The molecule has 0 aliphatic heterocycles. The van der Waals surface area contributed by atoms with E-state index in [2.05, 4.69) is 43.4 Å². The summed E-state index contributed by atoms with van der Waals surface area (Å²) in [6.07, 6.45) is 12.3. The molecule has 33 heavy (non-hydrogen) atoms. The lowest BCUT2D eigenvalue weighted by atomic mass is 9.88. The zero-order chi connectivity index (χ0) is 24.5. The van der Waals surface area contributed by atoms with Gasteiger partial charge in [-0.3, -0.25) is 4.79 Å². The third kappa shape index (κ3) is 7.97. The van der Waals surface area contributed by atoms with E-state index in [1.54, 1.807) is 13.0 Å². The number of hydrogen-bond acceptors (Lipinski definition) is 2. The lowest BCUT2D eigenvalue weighted by molar-refractivity contribution is -0.116. The van der Waals surface area contributed by atoms with Gasteiger partial charge >= 0.3 is 6.61 Å². The van der Waals surface area contributed by atoms with Gasteiger partial charge in [0.05, 0.1) is 0 Å². The summed E-state index contributed by atoms with van der Waals surface area (Å²) in [7, 11) is 0. The lowest BCUT2D eigenvalue weighted by Crippen LogP contribution is -2.05. The summed E-state index contributed by atoms with van der Waals surface area (Å²) < 4.78 is 30.3. The Kier molecular flexibility index (Phi) is 10.1. The van der Waals surface area contributed by atoms with Gasteiger partial charge in [-0.25, -0.2) is 0 Å². The van der Waals surface area contributed by atoms with Crippen LogP contribution in [0.5, 0.6) is 5.75 Å². The Labute approximate surface area is 200 Å². The van der Waals surface area contributed by atoms with E-state index in [4.69, 9.17) is 11.6 Å². The second-order valence-corrected chi connectivity index (χ2v) is 8.70. The van der Waals surface area contributed by atoms with Crippen LogP contribution in [0.1, 0.15) is 52.5 Å². The highest BCUT2D eigenvalue weighted by Crippen LogP contribution is 2.31. The molecule has 0 saturated heterocycles. The van der Waals surface area contributed by atoms with E-state index in [1.165, 1.54) is 17.7 Å². The summed E-state index contributed by atoms with van der Waals surface area (Å²) >= 11 is 6.09. The van der Waals surface area contributed by atoms with E-state index in [0.29, 0.717) is 17.0 Å². The fourth-order valence-corrected chi connectivity index (χ4v) is 4.11. The Morgan fingerprint density at radius 3 is 2.61 bits per heavy atom. The van der Waals surface area contributed by atoms with Gasteiger partial charge in [-0.2, -0.15) is 8.78 Å². The fourth-order valence-electron chi connectivity index (χ4n) is 3.92. The molecule has 0 amide bonds. The molecule has 1 aliphatic rings. The van der Waals surface area contributed by atoms with Crippen molar-refractivity contribution in [2.24, 2.45) is 0 Å². The number of benzene rings is 1. The number of ketones is 1. The molecule has 5 heteroatoms. The molecule has 0 bridgehead atoms. The average Bonchev–Trinajstić information content (AvgIpc) is 2.70. The Hall–Kier alpha value is -2.72. The third-order valence-electron chi connectivity index (χ3n) is 5.39. The molecular formula is C28H31ClF2O2. The molecule has 0 heterocycles. The van der Waals surface area contributed by atoms with Crippen molar-refractivity contribution in [3.05, 3.63) is 99.2 Å². The molecule has 1 aromatic rings. The van der Waals surface area contributed by atoms with E-state index < -0.39 is 6.61 Å². The van der Waals surface area contributed by atoms with Crippen molar-refractivity contribution in [2.45, 2.75) is 60.0 Å². The standard InChI is InChI=1S/C28H31ClF2O2/c1-6-25(18(2)3)21-9-7-8-10-26(19(4)15-21)22(16-20(5)32)11-12-23-17-24(29)13-14-27(23)33-28(30)31/h6-7,9,11,13-15,17,28H,1,8,10,12,16H2,2-5H3/b9-7?,21-15+,22-11-,26-19+. The van der Waals surface area contributed by atoms with Crippen molar-refractivity contribution >= 4 is 17.4 Å². The number of halogens is 3. The summed E-state index contributed by atoms with van der Waals surface area (Å²) in [5, 5.41) is 0.436. The molecular weight excluding hydrogens is 442 g/mol. The predicted octanol–water partition coefficient (Wildman–Crippen LogP) is 8.50. The van der Waals surface area contributed by atoms with Crippen LogP contribution in [0.25, 0.3) is 0 Å². The normalized spacial score (nSPS) is 18.3. The van der Waals surface area contributed by atoms with Crippen molar-refractivity contribution in [1.82, 2.24) is 0 Å². The summed E-state index contributed by atoms with van der Waals surface area (Å²) in [6, 6.07) is 4.58. The first-order chi connectivity index (χ1) is 15.6. The van der Waals surface area contributed by atoms with Gasteiger partial charge in [-0.1, -0.05) is 54.1 Å². The Morgan fingerprint density at radius 1 is 1.27 bits per heavy atom. The Bertz CT molecular complexity index is 1050. The minimum atomic E-state index is -2.93. The molecule has 0 saturated carbocycles. The molecule has 1 aliphatic carbocycles. The molecule has 0 radical (unpaired) electrons. The average molecular weight is 473 g/mol. The number of Topliss-reactive ketones (excluding diaryl/α,β-unsaturated/α-hetero) is 1. The zero-order valence-electron chi connectivity index (χ0n) is 19.7. The van der Waals surface area contributed by atoms with Gasteiger partial charge in [0, 0.05) is 11.4 Å². The number of carbonyl (C=O) groups is 1. The SMILES string of the molecule is C=CC(=C(C)C)/C1=C/C(C)=C(/C(=C\Cc2cc(Cl)ccc2OC(F)F)CC(C)=O)CCC=C1. The number of rotatable bonds is 9. The number of ether oxygens (including phenoxy) is 1. The maximum Gasteiger partial charge on any atom is 0.387 e. The van der Waals surface area contributed by atoms with E-state index >= 15 is 0 Å². The van der Waals surface area contributed by atoms with Crippen LogP contribution in [0.3, 0.4) is 0 Å². The van der Waals surface area contributed by atoms with Crippen molar-refractivity contribution < 1.29 is 18.3 Å². The molecule has 2 nitrogen and oxygen atoms in total. The molecule has 0 fully saturated rings. The van der Waals surface area contributed by atoms with E-state index in [9.17, 15) is 13.6 Å². The monoisotopic (exact) mass is 472 g/mol. The van der Waals surface area contributed by atoms with Crippen LogP contribution < -0.4 is 4.74 Å². The highest BCUT2D eigenvalue weighted by atomic mass is 35.5. The molecule has 0 unspecified atom stereocenters. The van der Waals surface area contributed by atoms with Gasteiger partial charge in [-0.05, 0) is 98.6 Å². The summed E-state index contributed by atoms with van der Waals surface area (Å²) in [5.74, 6) is 0.120. The van der Waals surface area contributed by atoms with Crippen LogP contribution in [0.15, 0.2) is 88.6 Å². The van der Waals surface area contributed by atoms with Crippen LogP contribution in [-0.2, 0) is 11.2 Å². The van der Waals surface area contributed by atoms with E-state index in [-0.39, 0.29) is 18.0 Å². The van der Waals surface area contributed by atoms with Crippen molar-refractivity contribution in [2.75, 3.05) is 0 Å². The number of hydrogen-bond donors (Lipinski definition) is 0. The quantitative estimate of drug-likeness (QED) is 0.337. The number of alkyl halides is 2. The molecule has 0 atom stereocenters. The minimum Gasteiger partial charge on any atom is -0.435 e. The van der Waals surface area contributed by atoms with E-state index in [1.807, 2.05) is 19.1 Å². The second-order valence-electron chi connectivity index (χ2n) is 8.26. The van der Waals surface area contributed by atoms with Gasteiger partial charge in [-0.15, -0.1) is 0 Å². The smallest absolute Gasteiger partial charge is 0.387 e. The fraction of sp³-hybridized carbons (Fsp3) is 0.321. The highest BCUT2D eigenvalue weighted by Gasteiger charge is 2.15. The molecule has 176 valence electrons. The molecule has 1 aromatic carbocycles. The summed E-state index contributed by atoms with van der Waals surface area (Å²) in [4.78, 5) is 12.1. The minimum absolute atomic E-state index is 0.0366. The molecule has 0 aromatic heterocycles. The van der Waals surface area contributed by atoms with Crippen LogP contribution in [0.4, 0.5) is 8.78 Å². The Balaban J connectivity index is 2.54. The summed E-state index contributed by atoms with van der Waals surface area (Å²) in [6.45, 7) is 8.72. The molecule has 2 rings (SSSR count). The van der Waals surface area contributed by atoms with Crippen LogP contribution in [-0.4, -0.2) is 12.4 Å². The van der Waals surface area contributed by atoms with Gasteiger partial charge in [0.15, 0.2) is 0 Å². The topological polar surface area (TPSA) is 26.3 Å². The number of allylic oxidation sites excluding steroid dienone is 11. The van der Waals surface area contributed by atoms with Gasteiger partial charge < -0.3 is 4.74 Å². The van der Waals surface area contributed by atoms with Gasteiger partial charge in [0.1, 0.15) is 11.5 Å². The first kappa shape index (κ1) is 26.5. The molecule has 0 spiro atoms. The van der Waals surface area contributed by atoms with Crippen LogP contribution in [0, 0.1) is 0 Å². The molecule has 0 N–H and O–H groups in total. The van der Waals surface area contributed by atoms with Crippen LogP contribution >= 0.6 is 11.6 Å². The van der Waals surface area contributed by atoms with Gasteiger partial charge in [0.2, 0.25) is 0 Å². The van der Waals surface area contributed by atoms with Crippen molar-refractivity contribution in [3.8, 4) is 5.75 Å². The number of carbonyl (C=O) groups excluding carboxylic acids is 1. The zero-order valence-corrected chi connectivity index (χ0v) is 20.4. The predicted molar refractivity (Wildman–Crippen MR) is 133 cm³/mol. The largest absolute Gasteiger partial charge is 0.435 e. The maximum absolute atomic E-state index is 12.8. The van der Waals surface area contributed by atoms with E-state index in [0.717, 1.165) is 40.7 Å². The first-order valence-corrected chi connectivity index (χ1v) is 11.3. The Morgan fingerprint density at radius 2 is 2.00 bits per heavy atom. The van der Waals surface area contributed by atoms with Crippen LogP contribution in [0.2, 0.25) is 5.02 Å².